The summed E-state index contributed by atoms with van der Waals surface area (Å²) in [5.74, 6) is 0.709. The molecule has 82 valence electrons. The fourth-order valence-electron chi connectivity index (χ4n) is 1.91. The number of carbonyl (C=O) groups excluding carboxylic acids is 1. The van der Waals surface area contributed by atoms with Gasteiger partial charge in [-0.1, -0.05) is 0 Å². The molecule has 0 radical (unpaired) electrons. The van der Waals surface area contributed by atoms with Gasteiger partial charge >= 0.3 is 0 Å². The van der Waals surface area contributed by atoms with E-state index in [1.54, 1.807) is 22.8 Å². The lowest BCUT2D eigenvalue weighted by molar-refractivity contribution is 0.105. The molecule has 0 aliphatic carbocycles. The molecule has 5 heteroatoms. The Morgan fingerprint density at radius 2 is 2.50 bits per heavy atom. The third kappa shape index (κ3) is 1.49. The van der Waals surface area contributed by atoms with Crippen molar-refractivity contribution in [2.75, 3.05) is 6.61 Å². The molecule has 1 atom stereocenters. The van der Waals surface area contributed by atoms with Crippen molar-refractivity contribution in [2.24, 2.45) is 0 Å². The van der Waals surface area contributed by atoms with E-state index in [0.717, 1.165) is 25.7 Å². The van der Waals surface area contributed by atoms with E-state index in [1.807, 2.05) is 0 Å². The van der Waals surface area contributed by atoms with Gasteiger partial charge in [0.15, 0.2) is 11.5 Å². The number of ether oxygens (including phenoxy) is 1. The van der Waals surface area contributed by atoms with Crippen molar-refractivity contribution in [1.82, 2.24) is 14.6 Å². The van der Waals surface area contributed by atoms with Crippen molar-refractivity contribution in [2.45, 2.75) is 18.9 Å². The highest BCUT2D eigenvalue weighted by Gasteiger charge is 2.22. The lowest BCUT2D eigenvalue weighted by atomic mass is 10.2. The van der Waals surface area contributed by atoms with Gasteiger partial charge in [-0.3, -0.25) is 4.79 Å². The molecule has 1 fully saturated rings. The van der Waals surface area contributed by atoms with Crippen molar-refractivity contribution < 1.29 is 9.53 Å². The Morgan fingerprint density at radius 3 is 3.25 bits per heavy atom. The molecule has 1 aliphatic heterocycles. The number of rotatable bonds is 2. The van der Waals surface area contributed by atoms with Crippen molar-refractivity contribution in [3.05, 3.63) is 29.7 Å². The average molecular weight is 217 g/mol. The van der Waals surface area contributed by atoms with Crippen LogP contribution in [0.15, 0.2) is 18.3 Å². The van der Waals surface area contributed by atoms with Crippen LogP contribution < -0.4 is 0 Å². The Morgan fingerprint density at radius 1 is 1.56 bits per heavy atom. The summed E-state index contributed by atoms with van der Waals surface area (Å²) in [5, 5.41) is 4.33. The summed E-state index contributed by atoms with van der Waals surface area (Å²) in [5.41, 5.74) is 1.30. The lowest BCUT2D eigenvalue weighted by Crippen LogP contribution is -1.98. The smallest absolute Gasteiger partial charge is 0.180 e. The van der Waals surface area contributed by atoms with E-state index < -0.39 is 0 Å². The normalized spacial score (nSPS) is 20.4. The molecule has 3 rings (SSSR count). The average Bonchev–Trinajstić information content (AvgIpc) is 2.96. The molecule has 3 heterocycles. The van der Waals surface area contributed by atoms with Crippen molar-refractivity contribution >= 4 is 11.9 Å². The summed E-state index contributed by atoms with van der Waals surface area (Å²) in [6.07, 6.45) is 4.59. The van der Waals surface area contributed by atoms with E-state index in [-0.39, 0.29) is 6.10 Å². The third-order valence-electron chi connectivity index (χ3n) is 2.73. The molecule has 2 aromatic rings. The summed E-state index contributed by atoms with van der Waals surface area (Å²) >= 11 is 0. The largest absolute Gasteiger partial charge is 0.370 e. The number of hydrogen-bond donors (Lipinski definition) is 0. The predicted molar refractivity (Wildman–Crippen MR) is 56.3 cm³/mol. The summed E-state index contributed by atoms with van der Waals surface area (Å²) in [6, 6.07) is 3.44. The van der Waals surface area contributed by atoms with E-state index in [0.29, 0.717) is 17.0 Å². The van der Waals surface area contributed by atoms with Gasteiger partial charge in [0.1, 0.15) is 12.4 Å². The van der Waals surface area contributed by atoms with Crippen LogP contribution >= 0.6 is 0 Å². The highest BCUT2D eigenvalue weighted by Crippen LogP contribution is 2.26. The molecular weight excluding hydrogens is 206 g/mol. The molecular formula is C11H11N3O2. The molecule has 0 N–H and O–H groups in total. The fourth-order valence-corrected chi connectivity index (χ4v) is 1.91. The highest BCUT2D eigenvalue weighted by atomic mass is 16.5. The van der Waals surface area contributed by atoms with Crippen molar-refractivity contribution in [3.63, 3.8) is 0 Å². The zero-order valence-corrected chi connectivity index (χ0v) is 8.67. The molecule has 1 saturated heterocycles. The van der Waals surface area contributed by atoms with Crippen LogP contribution in [0.3, 0.4) is 0 Å². The van der Waals surface area contributed by atoms with Crippen LogP contribution in [0.25, 0.3) is 5.65 Å². The van der Waals surface area contributed by atoms with Gasteiger partial charge in [-0.2, -0.15) is 0 Å². The topological polar surface area (TPSA) is 56.5 Å². The maximum Gasteiger partial charge on any atom is 0.180 e. The number of fused-ring (bicyclic) bond motifs is 1. The Bertz CT molecular complexity index is 529. The minimum Gasteiger partial charge on any atom is -0.370 e. The fraction of sp³-hybridized carbons (Fsp3) is 0.364. The van der Waals surface area contributed by atoms with Crippen LogP contribution in [-0.4, -0.2) is 27.5 Å². The second kappa shape index (κ2) is 3.68. The Labute approximate surface area is 92.1 Å². The molecule has 0 amide bonds. The minimum absolute atomic E-state index is 0.0135. The first-order chi connectivity index (χ1) is 7.86. The van der Waals surface area contributed by atoms with Crippen LogP contribution in [0.2, 0.25) is 0 Å². The molecule has 1 aliphatic rings. The maximum absolute atomic E-state index is 10.6. The monoisotopic (exact) mass is 217 g/mol. The molecule has 0 spiro atoms. The number of aldehydes is 1. The second-order valence-electron chi connectivity index (χ2n) is 3.85. The van der Waals surface area contributed by atoms with Gasteiger partial charge in [-0.25, -0.2) is 9.50 Å². The number of aromatic nitrogens is 3. The quantitative estimate of drug-likeness (QED) is 0.713. The van der Waals surface area contributed by atoms with Crippen molar-refractivity contribution in [3.8, 4) is 0 Å². The molecule has 0 aromatic carbocycles. The van der Waals surface area contributed by atoms with Gasteiger partial charge < -0.3 is 4.74 Å². The summed E-state index contributed by atoms with van der Waals surface area (Å²) in [4.78, 5) is 15.0. The van der Waals surface area contributed by atoms with Crippen LogP contribution in [0.5, 0.6) is 0 Å². The molecule has 5 nitrogen and oxygen atoms in total. The van der Waals surface area contributed by atoms with Gasteiger partial charge in [0.2, 0.25) is 0 Å². The number of carbonyl (C=O) groups is 1. The van der Waals surface area contributed by atoms with E-state index >= 15 is 0 Å². The predicted octanol–water partition coefficient (Wildman–Crippen LogP) is 1.39. The number of pyridine rings is 1. The lowest BCUT2D eigenvalue weighted by Gasteiger charge is -2.01. The van der Waals surface area contributed by atoms with Gasteiger partial charge in [-0.15, -0.1) is 5.10 Å². The van der Waals surface area contributed by atoms with E-state index in [2.05, 4.69) is 10.1 Å². The molecule has 2 aromatic heterocycles. The van der Waals surface area contributed by atoms with E-state index in [1.165, 1.54) is 0 Å². The zero-order valence-electron chi connectivity index (χ0n) is 8.67. The van der Waals surface area contributed by atoms with Crippen molar-refractivity contribution in [1.29, 1.82) is 0 Å². The van der Waals surface area contributed by atoms with Gasteiger partial charge in [0, 0.05) is 18.4 Å². The minimum atomic E-state index is 0.0135. The molecule has 0 bridgehead atoms. The Balaban J connectivity index is 2.04. The number of hydrogen-bond acceptors (Lipinski definition) is 4. The summed E-state index contributed by atoms with van der Waals surface area (Å²) < 4.78 is 7.19. The molecule has 1 unspecified atom stereocenters. The zero-order chi connectivity index (χ0) is 11.0. The van der Waals surface area contributed by atoms with Gasteiger partial charge in [0.25, 0.3) is 0 Å². The van der Waals surface area contributed by atoms with E-state index in [9.17, 15) is 4.79 Å². The van der Waals surface area contributed by atoms with Crippen LogP contribution in [0, 0.1) is 0 Å². The Hall–Kier alpha value is -1.75. The standard InChI is InChI=1S/C11H11N3O2/c15-7-8-3-4-14-10(6-8)12-11(13-14)9-2-1-5-16-9/h3-4,6-7,9H,1-2,5H2. The molecule has 16 heavy (non-hydrogen) atoms. The van der Waals surface area contributed by atoms with Crippen LogP contribution in [-0.2, 0) is 4.74 Å². The van der Waals surface area contributed by atoms with Gasteiger partial charge in [-0.05, 0) is 25.0 Å². The van der Waals surface area contributed by atoms with Crippen LogP contribution in [0.4, 0.5) is 0 Å². The second-order valence-corrected chi connectivity index (χ2v) is 3.85. The third-order valence-corrected chi connectivity index (χ3v) is 2.73. The summed E-state index contributed by atoms with van der Waals surface area (Å²) in [7, 11) is 0. The summed E-state index contributed by atoms with van der Waals surface area (Å²) in [6.45, 7) is 0.778. The first kappa shape index (κ1) is 9.47. The number of nitrogens with zero attached hydrogens (tertiary/aromatic N) is 3. The van der Waals surface area contributed by atoms with E-state index in [4.69, 9.17) is 4.74 Å². The van der Waals surface area contributed by atoms with Crippen LogP contribution in [0.1, 0.15) is 35.1 Å². The Kier molecular flexibility index (Phi) is 2.18. The first-order valence-corrected chi connectivity index (χ1v) is 5.30. The van der Waals surface area contributed by atoms with Gasteiger partial charge in [0.05, 0.1) is 0 Å². The SMILES string of the molecule is O=Cc1ccn2nc(C3CCCO3)nc2c1. The first-order valence-electron chi connectivity index (χ1n) is 5.30. The maximum atomic E-state index is 10.6. The molecule has 0 saturated carbocycles. The highest BCUT2D eigenvalue weighted by molar-refractivity contribution is 5.76.